The van der Waals surface area contributed by atoms with Crippen LogP contribution in [0.2, 0.25) is 5.02 Å². The second-order valence-corrected chi connectivity index (χ2v) is 7.05. The number of tetrazole rings is 1. The molecule has 0 amide bonds. The van der Waals surface area contributed by atoms with E-state index < -0.39 is 22.4 Å². The van der Waals surface area contributed by atoms with Gasteiger partial charge in [-0.1, -0.05) is 29.8 Å². The zero-order chi connectivity index (χ0) is 21.3. The van der Waals surface area contributed by atoms with Crippen LogP contribution in [0.5, 0.6) is 0 Å². The number of nitro benzene ring substituents is 1. The van der Waals surface area contributed by atoms with Crippen molar-refractivity contribution in [3.8, 4) is 0 Å². The minimum absolute atomic E-state index is 0.0315. The molecule has 30 heavy (non-hydrogen) atoms. The molecule has 2 aromatic carbocycles. The molecule has 1 saturated carbocycles. The number of aromatic nitrogens is 4. The molecule has 0 bridgehead atoms. The molecule has 0 atom stereocenters. The summed E-state index contributed by atoms with van der Waals surface area (Å²) in [5.41, 5.74) is -0.273. The number of benzene rings is 2. The molecule has 1 fully saturated rings. The van der Waals surface area contributed by atoms with E-state index in [1.165, 1.54) is 24.3 Å². The highest BCUT2D eigenvalue weighted by Gasteiger charge is 2.28. The number of carbonyl (C=O) groups excluding carboxylic acids is 2. The Bertz CT molecular complexity index is 1160. The van der Waals surface area contributed by atoms with E-state index >= 15 is 0 Å². The second kappa shape index (κ2) is 7.99. The van der Waals surface area contributed by atoms with Crippen molar-refractivity contribution >= 4 is 29.0 Å². The Labute approximate surface area is 174 Å². The molecule has 152 valence electrons. The van der Waals surface area contributed by atoms with Crippen molar-refractivity contribution < 1.29 is 19.2 Å². The molecule has 0 saturated heterocycles. The predicted octanol–water partition coefficient (Wildman–Crippen LogP) is 3.16. The fourth-order valence-electron chi connectivity index (χ4n) is 2.93. The van der Waals surface area contributed by atoms with Crippen LogP contribution < -0.4 is 0 Å². The van der Waals surface area contributed by atoms with Gasteiger partial charge in [-0.2, -0.15) is 0 Å². The summed E-state index contributed by atoms with van der Waals surface area (Å²) in [5.74, 6) is -0.874. The Morgan fingerprint density at radius 1 is 1.20 bits per heavy atom. The van der Waals surface area contributed by atoms with Crippen LogP contribution in [0.1, 0.15) is 51.0 Å². The number of nitro groups is 1. The van der Waals surface area contributed by atoms with Gasteiger partial charge in [0.1, 0.15) is 5.02 Å². The summed E-state index contributed by atoms with van der Waals surface area (Å²) in [6.45, 7) is -0.142. The highest BCUT2D eigenvalue weighted by Crippen LogP contribution is 2.34. The van der Waals surface area contributed by atoms with Crippen molar-refractivity contribution in [2.75, 3.05) is 0 Å². The van der Waals surface area contributed by atoms with Gasteiger partial charge in [0, 0.05) is 17.2 Å². The molecular formula is C19H14ClN5O5. The van der Waals surface area contributed by atoms with Crippen LogP contribution in [0.3, 0.4) is 0 Å². The molecule has 0 N–H and O–H groups in total. The van der Waals surface area contributed by atoms with Gasteiger partial charge < -0.3 is 4.74 Å². The van der Waals surface area contributed by atoms with E-state index in [1.807, 2.05) is 0 Å². The summed E-state index contributed by atoms with van der Waals surface area (Å²) in [6, 6.07) is 10.0. The van der Waals surface area contributed by atoms with Crippen molar-refractivity contribution in [2.45, 2.75) is 25.5 Å². The summed E-state index contributed by atoms with van der Waals surface area (Å²) >= 11 is 5.81. The van der Waals surface area contributed by atoms with Crippen LogP contribution in [0.4, 0.5) is 5.69 Å². The van der Waals surface area contributed by atoms with E-state index in [0.29, 0.717) is 5.82 Å². The Morgan fingerprint density at radius 2 is 1.93 bits per heavy atom. The lowest BCUT2D eigenvalue weighted by atomic mass is 9.98. The van der Waals surface area contributed by atoms with E-state index in [4.69, 9.17) is 16.3 Å². The highest BCUT2D eigenvalue weighted by molar-refractivity contribution is 6.33. The van der Waals surface area contributed by atoms with Crippen molar-refractivity contribution in [1.82, 2.24) is 20.2 Å². The first-order chi connectivity index (χ1) is 14.5. The minimum Gasteiger partial charge on any atom is -0.454 e. The van der Waals surface area contributed by atoms with Gasteiger partial charge in [0.05, 0.1) is 16.5 Å². The first kappa shape index (κ1) is 19.6. The number of nitrogens with zero attached hydrogens (tertiary/aromatic N) is 5. The molecule has 0 unspecified atom stereocenters. The van der Waals surface area contributed by atoms with Crippen LogP contribution in [-0.2, 0) is 11.3 Å². The highest BCUT2D eigenvalue weighted by atomic mass is 35.5. The van der Waals surface area contributed by atoms with Crippen molar-refractivity contribution in [3.63, 3.8) is 0 Å². The smallest absolute Gasteiger partial charge is 0.339 e. The van der Waals surface area contributed by atoms with Gasteiger partial charge in [0.2, 0.25) is 0 Å². The summed E-state index contributed by atoms with van der Waals surface area (Å²) in [5, 5.41) is 22.4. The molecule has 10 nitrogen and oxygen atoms in total. The first-order valence-corrected chi connectivity index (χ1v) is 9.35. The molecule has 1 aliphatic carbocycles. The maximum atomic E-state index is 12.9. The minimum atomic E-state index is -0.729. The number of ether oxygens (including phenoxy) is 1. The first-order valence-electron chi connectivity index (χ1n) is 8.97. The number of halogens is 1. The lowest BCUT2D eigenvalue weighted by Gasteiger charge is -2.09. The van der Waals surface area contributed by atoms with E-state index in [9.17, 15) is 19.7 Å². The largest absolute Gasteiger partial charge is 0.454 e. The normalized spacial score (nSPS) is 13.1. The molecule has 1 heterocycles. The summed E-state index contributed by atoms with van der Waals surface area (Å²) in [4.78, 5) is 36.0. The topological polar surface area (TPSA) is 130 Å². The van der Waals surface area contributed by atoms with Crippen LogP contribution >= 0.6 is 11.6 Å². The quantitative estimate of drug-likeness (QED) is 0.243. The van der Waals surface area contributed by atoms with Crippen LogP contribution in [-0.4, -0.2) is 36.9 Å². The SMILES string of the molecule is O=C(OCc1nnnn1C1CC1)c1ccccc1C(=O)c1ccc(Cl)c([N+](=O)[O-])c1. The van der Waals surface area contributed by atoms with Gasteiger partial charge in [-0.05, 0) is 41.5 Å². The van der Waals surface area contributed by atoms with Gasteiger partial charge in [-0.3, -0.25) is 14.9 Å². The Morgan fingerprint density at radius 3 is 2.63 bits per heavy atom. The van der Waals surface area contributed by atoms with Gasteiger partial charge in [-0.15, -0.1) is 5.10 Å². The van der Waals surface area contributed by atoms with Gasteiger partial charge in [-0.25, -0.2) is 9.48 Å². The zero-order valence-corrected chi connectivity index (χ0v) is 16.2. The van der Waals surface area contributed by atoms with E-state index in [1.54, 1.807) is 16.8 Å². The predicted molar refractivity (Wildman–Crippen MR) is 103 cm³/mol. The standard InChI is InChI=1S/C19H14ClN5O5/c20-15-8-5-11(9-16(15)25(28)29)18(26)13-3-1-2-4-14(13)19(27)30-10-17-21-22-23-24(17)12-6-7-12/h1-5,8-9,12H,6-7,10H2. The maximum Gasteiger partial charge on any atom is 0.339 e. The molecule has 1 aromatic heterocycles. The van der Waals surface area contributed by atoms with Crippen molar-refractivity contribution in [2.24, 2.45) is 0 Å². The molecule has 3 aromatic rings. The zero-order valence-electron chi connectivity index (χ0n) is 15.4. The third-order valence-electron chi connectivity index (χ3n) is 4.58. The third kappa shape index (κ3) is 3.90. The van der Waals surface area contributed by atoms with Crippen LogP contribution in [0, 0.1) is 10.1 Å². The average Bonchev–Trinajstić information content (AvgIpc) is 3.49. The van der Waals surface area contributed by atoms with Gasteiger partial charge >= 0.3 is 5.97 Å². The Balaban J connectivity index is 1.56. The fourth-order valence-corrected chi connectivity index (χ4v) is 3.11. The molecule has 0 aliphatic heterocycles. The fraction of sp³-hybridized carbons (Fsp3) is 0.211. The van der Waals surface area contributed by atoms with Crippen LogP contribution in [0.25, 0.3) is 0 Å². The third-order valence-corrected chi connectivity index (χ3v) is 4.90. The van der Waals surface area contributed by atoms with E-state index in [-0.39, 0.29) is 34.4 Å². The summed E-state index contributed by atoms with van der Waals surface area (Å²) < 4.78 is 6.94. The monoisotopic (exact) mass is 427 g/mol. The van der Waals surface area contributed by atoms with Crippen molar-refractivity contribution in [3.05, 3.63) is 80.1 Å². The number of hydrogen-bond acceptors (Lipinski definition) is 8. The van der Waals surface area contributed by atoms with Crippen molar-refractivity contribution in [1.29, 1.82) is 0 Å². The molecule has 11 heteroatoms. The molecule has 0 spiro atoms. The Kier molecular flexibility index (Phi) is 5.23. The molecule has 1 aliphatic rings. The molecular weight excluding hydrogens is 414 g/mol. The van der Waals surface area contributed by atoms with Gasteiger partial charge in [0.25, 0.3) is 5.69 Å². The Hall–Kier alpha value is -3.66. The summed E-state index contributed by atoms with van der Waals surface area (Å²) in [6.07, 6.45) is 1.94. The number of rotatable bonds is 7. The van der Waals surface area contributed by atoms with Crippen LogP contribution in [0.15, 0.2) is 42.5 Å². The average molecular weight is 428 g/mol. The molecule has 4 rings (SSSR count). The molecule has 0 radical (unpaired) electrons. The lowest BCUT2D eigenvalue weighted by Crippen LogP contribution is -2.14. The number of ketones is 1. The van der Waals surface area contributed by atoms with E-state index in [0.717, 1.165) is 18.9 Å². The number of esters is 1. The lowest BCUT2D eigenvalue weighted by molar-refractivity contribution is -0.384. The maximum absolute atomic E-state index is 12.9. The summed E-state index contributed by atoms with van der Waals surface area (Å²) in [7, 11) is 0. The second-order valence-electron chi connectivity index (χ2n) is 6.64. The van der Waals surface area contributed by atoms with E-state index in [2.05, 4.69) is 15.5 Å². The van der Waals surface area contributed by atoms with Gasteiger partial charge in [0.15, 0.2) is 18.2 Å². The number of carbonyl (C=O) groups is 2. The number of hydrogen-bond donors (Lipinski definition) is 0.